The quantitative estimate of drug-likeness (QED) is 0.521. The summed E-state index contributed by atoms with van der Waals surface area (Å²) in [6.45, 7) is 2.76. The standard InChI is InChI=1S/C17H23FN2O6/c1-10(2)8-20(14(9-21)16(24)25)17(26)19-13(7-15(22)23)11-4-3-5-12(18)6-11/h3-6,10,13-14,21H,7-9H2,1-2H3,(H,19,26)(H,22,23)(H,24,25). The van der Waals surface area contributed by atoms with E-state index < -0.39 is 48.9 Å². The van der Waals surface area contributed by atoms with Crippen molar-refractivity contribution in [2.45, 2.75) is 32.4 Å². The van der Waals surface area contributed by atoms with Gasteiger partial charge in [0, 0.05) is 6.54 Å². The minimum Gasteiger partial charge on any atom is -0.481 e. The maximum Gasteiger partial charge on any atom is 0.328 e. The van der Waals surface area contributed by atoms with Crippen molar-refractivity contribution in [2.24, 2.45) is 5.92 Å². The molecule has 0 fully saturated rings. The first-order valence-electron chi connectivity index (χ1n) is 8.03. The Labute approximate surface area is 150 Å². The Bertz CT molecular complexity index is 652. The van der Waals surface area contributed by atoms with Gasteiger partial charge in [0.2, 0.25) is 0 Å². The number of nitrogens with zero attached hydrogens (tertiary/aromatic N) is 1. The SMILES string of the molecule is CC(C)CN(C(=O)NC(CC(=O)O)c1cccc(F)c1)C(CO)C(=O)O. The van der Waals surface area contributed by atoms with E-state index in [4.69, 9.17) is 5.11 Å². The highest BCUT2D eigenvalue weighted by Gasteiger charge is 2.31. The van der Waals surface area contributed by atoms with Gasteiger partial charge in [-0.05, 0) is 23.6 Å². The number of carbonyl (C=O) groups is 3. The Balaban J connectivity index is 3.10. The number of nitrogens with one attached hydrogen (secondary N) is 1. The van der Waals surface area contributed by atoms with Crippen molar-refractivity contribution in [3.05, 3.63) is 35.6 Å². The van der Waals surface area contributed by atoms with Gasteiger partial charge in [-0.2, -0.15) is 0 Å². The van der Waals surface area contributed by atoms with Crippen LogP contribution in [0.1, 0.15) is 31.9 Å². The highest BCUT2D eigenvalue weighted by atomic mass is 19.1. The maximum atomic E-state index is 13.4. The number of halogens is 1. The molecule has 1 aromatic rings. The zero-order valence-electron chi connectivity index (χ0n) is 14.6. The van der Waals surface area contributed by atoms with Crippen LogP contribution in [0.5, 0.6) is 0 Å². The summed E-state index contributed by atoms with van der Waals surface area (Å²) in [4.78, 5) is 35.9. The van der Waals surface area contributed by atoms with Gasteiger partial charge in [0.05, 0.1) is 19.1 Å². The first-order valence-corrected chi connectivity index (χ1v) is 8.03. The van der Waals surface area contributed by atoms with E-state index in [-0.39, 0.29) is 18.0 Å². The third kappa shape index (κ3) is 6.32. The highest BCUT2D eigenvalue weighted by molar-refractivity contribution is 5.83. The van der Waals surface area contributed by atoms with Crippen molar-refractivity contribution in [1.29, 1.82) is 0 Å². The van der Waals surface area contributed by atoms with Gasteiger partial charge in [0.25, 0.3) is 0 Å². The molecule has 144 valence electrons. The molecule has 1 aromatic carbocycles. The zero-order chi connectivity index (χ0) is 19.9. The van der Waals surface area contributed by atoms with E-state index in [0.29, 0.717) is 0 Å². The third-order valence-electron chi connectivity index (χ3n) is 3.58. The number of amides is 2. The molecule has 0 spiro atoms. The van der Waals surface area contributed by atoms with Crippen LogP contribution in [0.4, 0.5) is 9.18 Å². The molecule has 2 amide bonds. The fraction of sp³-hybridized carbons (Fsp3) is 0.471. The first-order chi connectivity index (χ1) is 12.1. The molecule has 0 aliphatic rings. The van der Waals surface area contributed by atoms with Crippen LogP contribution in [0.25, 0.3) is 0 Å². The Morgan fingerprint density at radius 1 is 1.23 bits per heavy atom. The monoisotopic (exact) mass is 370 g/mol. The molecule has 26 heavy (non-hydrogen) atoms. The molecule has 0 saturated carbocycles. The Morgan fingerprint density at radius 2 is 1.88 bits per heavy atom. The third-order valence-corrected chi connectivity index (χ3v) is 3.58. The van der Waals surface area contributed by atoms with E-state index >= 15 is 0 Å². The summed E-state index contributed by atoms with van der Waals surface area (Å²) in [6, 6.07) is 1.74. The average Bonchev–Trinajstić information content (AvgIpc) is 2.52. The van der Waals surface area contributed by atoms with Crippen molar-refractivity contribution < 1.29 is 34.1 Å². The lowest BCUT2D eigenvalue weighted by Gasteiger charge is -2.31. The molecule has 1 rings (SSSR count). The van der Waals surface area contributed by atoms with E-state index in [1.807, 2.05) is 0 Å². The number of hydrogen-bond donors (Lipinski definition) is 4. The molecule has 0 aromatic heterocycles. The number of aliphatic hydroxyl groups is 1. The summed E-state index contributed by atoms with van der Waals surface area (Å²) in [5.41, 5.74) is 0.237. The van der Waals surface area contributed by atoms with Crippen LogP contribution in [0.15, 0.2) is 24.3 Å². The largest absolute Gasteiger partial charge is 0.481 e. The predicted molar refractivity (Wildman–Crippen MR) is 90.0 cm³/mol. The summed E-state index contributed by atoms with van der Waals surface area (Å²) in [6.07, 6.45) is -0.512. The number of aliphatic carboxylic acids is 2. The summed E-state index contributed by atoms with van der Waals surface area (Å²) in [5, 5.41) is 30.0. The minimum absolute atomic E-state index is 0.0340. The van der Waals surface area contributed by atoms with E-state index in [2.05, 4.69) is 5.32 Å². The summed E-state index contributed by atoms with van der Waals surface area (Å²) in [7, 11) is 0. The molecule has 8 nitrogen and oxygen atoms in total. The van der Waals surface area contributed by atoms with Gasteiger partial charge in [-0.1, -0.05) is 26.0 Å². The lowest BCUT2D eigenvalue weighted by Crippen LogP contribution is -2.53. The molecule has 0 aliphatic carbocycles. The van der Waals surface area contributed by atoms with Crippen molar-refractivity contribution >= 4 is 18.0 Å². The summed E-state index contributed by atoms with van der Waals surface area (Å²) in [5.74, 6) is -3.29. The fourth-order valence-electron chi connectivity index (χ4n) is 2.44. The average molecular weight is 370 g/mol. The number of aliphatic hydroxyl groups excluding tert-OH is 1. The molecular formula is C17H23FN2O6. The Morgan fingerprint density at radius 3 is 2.35 bits per heavy atom. The molecule has 2 unspecified atom stereocenters. The number of rotatable bonds is 9. The second kappa shape index (κ2) is 9.71. The van der Waals surface area contributed by atoms with Crippen LogP contribution in [0, 0.1) is 11.7 Å². The Kier molecular flexibility index (Phi) is 7.98. The minimum atomic E-state index is -1.48. The first kappa shape index (κ1) is 21.4. The smallest absolute Gasteiger partial charge is 0.328 e. The van der Waals surface area contributed by atoms with Gasteiger partial charge in [-0.25, -0.2) is 14.0 Å². The molecule has 4 N–H and O–H groups in total. The normalized spacial score (nSPS) is 13.1. The van der Waals surface area contributed by atoms with Gasteiger partial charge in [0.1, 0.15) is 5.82 Å². The summed E-state index contributed by atoms with van der Waals surface area (Å²) >= 11 is 0. The second-order valence-electron chi connectivity index (χ2n) is 6.24. The van der Waals surface area contributed by atoms with Crippen molar-refractivity contribution in [3.63, 3.8) is 0 Å². The van der Waals surface area contributed by atoms with Crippen LogP contribution in [0.2, 0.25) is 0 Å². The van der Waals surface area contributed by atoms with Crippen molar-refractivity contribution in [2.75, 3.05) is 13.2 Å². The number of carboxylic acids is 2. The molecule has 9 heteroatoms. The topological polar surface area (TPSA) is 127 Å². The molecule has 0 saturated heterocycles. The Hall–Kier alpha value is -2.68. The molecular weight excluding hydrogens is 347 g/mol. The van der Waals surface area contributed by atoms with Crippen LogP contribution in [-0.4, -0.2) is 57.4 Å². The number of hydrogen-bond acceptors (Lipinski definition) is 4. The van der Waals surface area contributed by atoms with Crippen LogP contribution in [-0.2, 0) is 9.59 Å². The van der Waals surface area contributed by atoms with E-state index in [1.165, 1.54) is 18.2 Å². The van der Waals surface area contributed by atoms with Crippen LogP contribution in [0.3, 0.4) is 0 Å². The highest BCUT2D eigenvalue weighted by Crippen LogP contribution is 2.19. The second-order valence-corrected chi connectivity index (χ2v) is 6.24. The van der Waals surface area contributed by atoms with Crippen molar-refractivity contribution in [1.82, 2.24) is 10.2 Å². The van der Waals surface area contributed by atoms with Crippen LogP contribution >= 0.6 is 0 Å². The molecule has 0 radical (unpaired) electrons. The van der Waals surface area contributed by atoms with Crippen LogP contribution < -0.4 is 5.32 Å². The number of carboxylic acid groups (broad SMARTS) is 2. The van der Waals surface area contributed by atoms with Crippen molar-refractivity contribution in [3.8, 4) is 0 Å². The number of benzene rings is 1. The van der Waals surface area contributed by atoms with E-state index in [1.54, 1.807) is 13.8 Å². The zero-order valence-corrected chi connectivity index (χ0v) is 14.6. The van der Waals surface area contributed by atoms with Gasteiger partial charge in [0.15, 0.2) is 6.04 Å². The van der Waals surface area contributed by atoms with E-state index in [0.717, 1.165) is 11.0 Å². The predicted octanol–water partition coefficient (Wildman–Crippen LogP) is 1.45. The molecule has 0 aliphatic heterocycles. The molecule has 2 atom stereocenters. The van der Waals surface area contributed by atoms with Gasteiger partial charge < -0.3 is 25.5 Å². The summed E-state index contributed by atoms with van der Waals surface area (Å²) < 4.78 is 13.4. The maximum absolute atomic E-state index is 13.4. The van der Waals surface area contributed by atoms with Gasteiger partial charge in [-0.15, -0.1) is 0 Å². The number of carbonyl (C=O) groups excluding carboxylic acids is 1. The van der Waals surface area contributed by atoms with Gasteiger partial charge in [-0.3, -0.25) is 4.79 Å². The van der Waals surface area contributed by atoms with Gasteiger partial charge >= 0.3 is 18.0 Å². The molecule has 0 bridgehead atoms. The molecule has 0 heterocycles. The van der Waals surface area contributed by atoms with E-state index in [9.17, 15) is 29.0 Å². The lowest BCUT2D eigenvalue weighted by atomic mass is 10.0. The lowest BCUT2D eigenvalue weighted by molar-refractivity contribution is -0.144. The fourth-order valence-corrected chi connectivity index (χ4v) is 2.44. The number of urea groups is 1.